The van der Waals surface area contributed by atoms with E-state index in [2.05, 4.69) is 5.32 Å². The molecule has 0 saturated heterocycles. The summed E-state index contributed by atoms with van der Waals surface area (Å²) < 4.78 is 16.1. The van der Waals surface area contributed by atoms with Crippen molar-refractivity contribution in [1.82, 2.24) is 0 Å². The van der Waals surface area contributed by atoms with Crippen LogP contribution in [-0.4, -0.2) is 31.2 Å². The normalized spacial score (nSPS) is 13.8. The lowest BCUT2D eigenvalue weighted by molar-refractivity contribution is -0.148. The summed E-state index contributed by atoms with van der Waals surface area (Å²) in [6, 6.07) is 10.5. The van der Waals surface area contributed by atoms with Gasteiger partial charge in [-0.25, -0.2) is 4.79 Å². The summed E-state index contributed by atoms with van der Waals surface area (Å²) in [7, 11) is 0. The highest BCUT2D eigenvalue weighted by Gasteiger charge is 2.17. The lowest BCUT2D eigenvalue weighted by Crippen LogP contribution is -2.29. The molecule has 0 fully saturated rings. The van der Waals surface area contributed by atoms with Gasteiger partial charge in [0, 0.05) is 16.8 Å². The van der Waals surface area contributed by atoms with Crippen molar-refractivity contribution >= 4 is 35.2 Å². The maximum atomic E-state index is 12.2. The Hall–Kier alpha value is -2.99. The second-order valence-electron chi connectivity index (χ2n) is 6.27. The van der Waals surface area contributed by atoms with Gasteiger partial charge < -0.3 is 19.5 Å². The second-order valence-corrected chi connectivity index (χ2v) is 6.68. The van der Waals surface area contributed by atoms with Crippen LogP contribution >= 0.6 is 11.6 Å². The first-order valence-corrected chi connectivity index (χ1v) is 9.15. The van der Waals surface area contributed by atoms with Crippen LogP contribution in [0.25, 0.3) is 6.08 Å². The van der Waals surface area contributed by atoms with Crippen molar-refractivity contribution in [2.45, 2.75) is 20.0 Å². The maximum Gasteiger partial charge on any atom is 0.331 e. The molecule has 1 atom stereocenters. The second kappa shape index (κ2) is 8.80. The Labute approximate surface area is 168 Å². The summed E-state index contributed by atoms with van der Waals surface area (Å²) in [6.45, 7) is 4.37. The standard InChI is InChI=1S/C21H20ClNO5/c1-13-3-6-16(12-17(13)22)23-21(25)14(2)28-20(24)8-5-15-4-7-18-19(11-15)27-10-9-26-18/h3-8,11-12,14H,9-10H2,1-2H3,(H,23,25)/b8-5+/t14-/m0/s1. The highest BCUT2D eigenvalue weighted by molar-refractivity contribution is 6.31. The van der Waals surface area contributed by atoms with Crippen LogP contribution in [0.4, 0.5) is 5.69 Å². The summed E-state index contributed by atoms with van der Waals surface area (Å²) in [5, 5.41) is 3.21. The molecule has 1 N–H and O–H groups in total. The van der Waals surface area contributed by atoms with E-state index in [0.717, 1.165) is 11.1 Å². The van der Waals surface area contributed by atoms with Gasteiger partial charge >= 0.3 is 5.97 Å². The first-order chi connectivity index (χ1) is 13.4. The fourth-order valence-electron chi connectivity index (χ4n) is 2.51. The molecule has 146 valence electrons. The van der Waals surface area contributed by atoms with Gasteiger partial charge in [0.15, 0.2) is 17.6 Å². The molecule has 3 rings (SSSR count). The average Bonchev–Trinajstić information content (AvgIpc) is 2.69. The largest absolute Gasteiger partial charge is 0.486 e. The quantitative estimate of drug-likeness (QED) is 0.605. The number of carbonyl (C=O) groups is 2. The van der Waals surface area contributed by atoms with Crippen molar-refractivity contribution in [2.75, 3.05) is 18.5 Å². The van der Waals surface area contributed by atoms with E-state index in [1.807, 2.05) is 6.92 Å². The molecule has 6 nitrogen and oxygen atoms in total. The Morgan fingerprint density at radius 2 is 1.89 bits per heavy atom. The number of esters is 1. The topological polar surface area (TPSA) is 73.9 Å². The number of aryl methyl sites for hydroxylation is 1. The number of fused-ring (bicyclic) bond motifs is 1. The van der Waals surface area contributed by atoms with Crippen molar-refractivity contribution in [2.24, 2.45) is 0 Å². The van der Waals surface area contributed by atoms with Crippen molar-refractivity contribution in [1.29, 1.82) is 0 Å². The Balaban J connectivity index is 1.55. The molecule has 28 heavy (non-hydrogen) atoms. The molecule has 0 aliphatic carbocycles. The monoisotopic (exact) mass is 401 g/mol. The molecule has 7 heteroatoms. The molecule has 0 saturated carbocycles. The summed E-state index contributed by atoms with van der Waals surface area (Å²) in [6.07, 6.45) is 1.89. The number of amides is 1. The molecule has 1 amide bonds. The van der Waals surface area contributed by atoms with E-state index < -0.39 is 18.0 Å². The molecule has 1 heterocycles. The molecule has 0 aromatic heterocycles. The van der Waals surface area contributed by atoms with Crippen LogP contribution in [0, 0.1) is 6.92 Å². The number of nitrogens with one attached hydrogen (secondary N) is 1. The van der Waals surface area contributed by atoms with E-state index in [1.54, 1.807) is 42.5 Å². The maximum absolute atomic E-state index is 12.2. The smallest absolute Gasteiger partial charge is 0.331 e. The van der Waals surface area contributed by atoms with Crippen molar-refractivity contribution < 1.29 is 23.8 Å². The Morgan fingerprint density at radius 3 is 2.64 bits per heavy atom. The SMILES string of the molecule is Cc1ccc(NC(=O)[C@H](C)OC(=O)/C=C/c2ccc3c(c2)OCCO3)cc1Cl. The van der Waals surface area contributed by atoms with Gasteiger partial charge in [-0.05, 0) is 55.3 Å². The van der Waals surface area contributed by atoms with Gasteiger partial charge in [0.2, 0.25) is 0 Å². The molecule has 0 spiro atoms. The molecule has 0 bridgehead atoms. The van der Waals surface area contributed by atoms with Gasteiger partial charge in [0.25, 0.3) is 5.91 Å². The Bertz CT molecular complexity index is 925. The summed E-state index contributed by atoms with van der Waals surface area (Å²) in [5.41, 5.74) is 2.20. The Kier molecular flexibility index (Phi) is 6.21. The fourth-order valence-corrected chi connectivity index (χ4v) is 2.69. The van der Waals surface area contributed by atoms with Gasteiger partial charge in [0.1, 0.15) is 13.2 Å². The summed E-state index contributed by atoms with van der Waals surface area (Å²) in [4.78, 5) is 24.2. The third kappa shape index (κ3) is 5.04. The van der Waals surface area contributed by atoms with Crippen LogP contribution in [0.2, 0.25) is 5.02 Å². The number of anilines is 1. The number of ether oxygens (including phenoxy) is 3. The first kappa shape index (κ1) is 19.8. The number of carbonyl (C=O) groups excluding carboxylic acids is 2. The van der Waals surface area contributed by atoms with Gasteiger partial charge in [-0.1, -0.05) is 23.7 Å². The van der Waals surface area contributed by atoms with Crippen molar-refractivity contribution in [3.05, 3.63) is 58.6 Å². The van der Waals surface area contributed by atoms with E-state index in [0.29, 0.717) is 35.4 Å². The highest BCUT2D eigenvalue weighted by Crippen LogP contribution is 2.31. The molecule has 2 aromatic rings. The predicted molar refractivity (Wildman–Crippen MR) is 107 cm³/mol. The third-order valence-electron chi connectivity index (χ3n) is 4.08. The predicted octanol–water partition coefficient (Wildman–Crippen LogP) is 4.00. The lowest BCUT2D eigenvalue weighted by Gasteiger charge is -2.18. The van der Waals surface area contributed by atoms with Crippen LogP contribution in [-0.2, 0) is 14.3 Å². The Morgan fingerprint density at radius 1 is 1.14 bits per heavy atom. The molecular weight excluding hydrogens is 382 g/mol. The van der Waals surface area contributed by atoms with Gasteiger partial charge in [-0.3, -0.25) is 4.79 Å². The minimum atomic E-state index is -0.961. The third-order valence-corrected chi connectivity index (χ3v) is 4.49. The van der Waals surface area contributed by atoms with Crippen LogP contribution in [0.1, 0.15) is 18.1 Å². The first-order valence-electron chi connectivity index (χ1n) is 8.78. The summed E-state index contributed by atoms with van der Waals surface area (Å²) in [5.74, 6) is 0.235. The number of rotatable bonds is 5. The molecule has 0 unspecified atom stereocenters. The van der Waals surface area contributed by atoms with Crippen LogP contribution in [0.3, 0.4) is 0 Å². The van der Waals surface area contributed by atoms with E-state index in [-0.39, 0.29) is 0 Å². The number of hydrogen-bond acceptors (Lipinski definition) is 5. The van der Waals surface area contributed by atoms with Crippen molar-refractivity contribution in [3.8, 4) is 11.5 Å². The highest BCUT2D eigenvalue weighted by atomic mass is 35.5. The van der Waals surface area contributed by atoms with Gasteiger partial charge in [-0.15, -0.1) is 0 Å². The number of hydrogen-bond donors (Lipinski definition) is 1. The molecule has 0 radical (unpaired) electrons. The fraction of sp³-hybridized carbons (Fsp3) is 0.238. The molecular formula is C21H20ClNO5. The summed E-state index contributed by atoms with van der Waals surface area (Å²) >= 11 is 6.04. The van der Waals surface area contributed by atoms with Gasteiger partial charge in [0.05, 0.1) is 0 Å². The van der Waals surface area contributed by atoms with Crippen LogP contribution < -0.4 is 14.8 Å². The number of halogens is 1. The van der Waals surface area contributed by atoms with E-state index in [9.17, 15) is 9.59 Å². The minimum absolute atomic E-state index is 0.444. The zero-order valence-corrected chi connectivity index (χ0v) is 16.3. The lowest BCUT2D eigenvalue weighted by atomic mass is 10.2. The number of benzene rings is 2. The molecule has 1 aliphatic rings. The van der Waals surface area contributed by atoms with Crippen molar-refractivity contribution in [3.63, 3.8) is 0 Å². The molecule has 2 aromatic carbocycles. The van der Waals surface area contributed by atoms with Crippen LogP contribution in [0.15, 0.2) is 42.5 Å². The average molecular weight is 402 g/mol. The van der Waals surface area contributed by atoms with E-state index >= 15 is 0 Å². The minimum Gasteiger partial charge on any atom is -0.486 e. The van der Waals surface area contributed by atoms with Gasteiger partial charge in [-0.2, -0.15) is 0 Å². The van der Waals surface area contributed by atoms with Crippen LogP contribution in [0.5, 0.6) is 11.5 Å². The zero-order valence-electron chi connectivity index (χ0n) is 15.5. The molecule has 1 aliphatic heterocycles. The zero-order chi connectivity index (χ0) is 20.1. The van der Waals surface area contributed by atoms with E-state index in [1.165, 1.54) is 13.0 Å². The van der Waals surface area contributed by atoms with E-state index in [4.69, 9.17) is 25.8 Å².